The Kier molecular flexibility index (Phi) is 8.84. The van der Waals surface area contributed by atoms with Crippen LogP contribution in [-0.2, 0) is 24.8 Å². The van der Waals surface area contributed by atoms with Crippen molar-refractivity contribution in [2.24, 2.45) is 0 Å². The van der Waals surface area contributed by atoms with Crippen molar-refractivity contribution >= 4 is 32.2 Å². The van der Waals surface area contributed by atoms with E-state index in [-0.39, 0.29) is 26.2 Å². The molecule has 3 aromatic carbocycles. The van der Waals surface area contributed by atoms with Gasteiger partial charge in [-0.2, -0.15) is 0 Å². The maximum atomic E-state index is 12.9. The summed E-state index contributed by atoms with van der Waals surface area (Å²) in [7, 11) is 0. The Morgan fingerprint density at radius 3 is 1.34 bits per heavy atom. The van der Waals surface area contributed by atoms with E-state index in [1.807, 2.05) is 0 Å². The molecule has 0 atom stereocenters. The summed E-state index contributed by atoms with van der Waals surface area (Å²) in [4.78, 5) is 12.9. The van der Waals surface area contributed by atoms with Crippen LogP contribution in [-0.4, -0.2) is 32.2 Å². The van der Waals surface area contributed by atoms with Crippen LogP contribution in [0.5, 0.6) is 5.75 Å². The number of benzene rings is 3. The van der Waals surface area contributed by atoms with Gasteiger partial charge in [0.2, 0.25) is 0 Å². The first-order chi connectivity index (χ1) is 13.6. The monoisotopic (exact) mass is 596 g/mol. The van der Waals surface area contributed by atoms with Crippen molar-refractivity contribution in [2.45, 2.75) is 25.9 Å². The molecule has 6 heteroatoms. The molecule has 0 saturated carbocycles. The Hall–Kier alpha value is -2.20. The molecule has 0 aliphatic heterocycles. The van der Waals surface area contributed by atoms with Gasteiger partial charge in [-0.15, -0.1) is 0 Å². The molecule has 0 unspecified atom stereocenters. The second kappa shape index (κ2) is 11.1. The molecule has 3 aromatic rings. The average molecular weight is 596 g/mol. The Labute approximate surface area is 186 Å². The second-order valence-corrected chi connectivity index (χ2v) is 6.38. The van der Waals surface area contributed by atoms with Crippen LogP contribution in [0.25, 0.3) is 0 Å². The molecular weight excluding hydrogens is 574 g/mol. The Bertz CT molecular complexity index is 863. The van der Waals surface area contributed by atoms with Gasteiger partial charge in [-0.3, -0.25) is 4.79 Å². The van der Waals surface area contributed by atoms with Crippen molar-refractivity contribution in [1.82, 2.24) is 0 Å². The van der Waals surface area contributed by atoms with E-state index in [1.54, 1.807) is 60.7 Å². The molecular formula is C23H22BiF3O2. The standard InChI is InChI=1S/C23H19F3O2.Bi.3H/c24-13-16-1-7-19(8-2-16)22(20-9-3-17(14-25)4-10-20)23(27)28-21-11-5-18(15-26)6-12-21;;;;/h1-12,22H,13-15H2;;;;. The molecule has 0 spiro atoms. The fourth-order valence-corrected chi connectivity index (χ4v) is 2.88. The van der Waals surface area contributed by atoms with E-state index in [9.17, 15) is 18.0 Å². The van der Waals surface area contributed by atoms with Crippen LogP contribution in [0.1, 0.15) is 33.7 Å². The third-order valence-electron chi connectivity index (χ3n) is 4.47. The summed E-state index contributed by atoms with van der Waals surface area (Å²) in [5.74, 6) is -0.995. The number of ether oxygens (including phenoxy) is 1. The molecule has 0 amide bonds. The van der Waals surface area contributed by atoms with E-state index in [0.29, 0.717) is 33.6 Å². The van der Waals surface area contributed by atoms with Gasteiger partial charge in [0.1, 0.15) is 31.7 Å². The fourth-order valence-electron chi connectivity index (χ4n) is 2.88. The molecule has 152 valence electrons. The summed E-state index contributed by atoms with van der Waals surface area (Å²) in [6.07, 6.45) is 0. The Morgan fingerprint density at radius 2 is 1.00 bits per heavy atom. The van der Waals surface area contributed by atoms with Crippen molar-refractivity contribution in [3.63, 3.8) is 0 Å². The molecule has 0 heterocycles. The zero-order valence-electron chi connectivity index (χ0n) is 15.8. The van der Waals surface area contributed by atoms with Gasteiger partial charge in [-0.25, -0.2) is 13.2 Å². The number of esters is 1. The van der Waals surface area contributed by atoms with E-state index < -0.39 is 31.9 Å². The molecule has 0 aromatic heterocycles. The molecule has 0 saturated heterocycles. The number of halogens is 3. The quantitative estimate of drug-likeness (QED) is 0.226. The molecule has 0 N–H and O–H groups in total. The van der Waals surface area contributed by atoms with Crippen molar-refractivity contribution in [3.8, 4) is 5.75 Å². The molecule has 2 nitrogen and oxygen atoms in total. The number of carbonyl (C=O) groups excluding carboxylic acids is 1. The fraction of sp³-hybridized carbons (Fsp3) is 0.174. The van der Waals surface area contributed by atoms with Crippen LogP contribution < -0.4 is 4.74 Å². The van der Waals surface area contributed by atoms with Gasteiger partial charge in [-0.1, -0.05) is 60.7 Å². The minimum atomic E-state index is -0.761. The SMILES string of the molecule is O=C(Oc1ccc(CF)cc1)C(c1ccc(CF)cc1)c1ccc(CF)cc1.[BiH3]. The second-order valence-electron chi connectivity index (χ2n) is 6.38. The van der Waals surface area contributed by atoms with Crippen LogP contribution in [0.3, 0.4) is 0 Å². The van der Waals surface area contributed by atoms with Crippen molar-refractivity contribution < 1.29 is 22.7 Å². The number of alkyl halides is 3. The van der Waals surface area contributed by atoms with Crippen molar-refractivity contribution in [1.29, 1.82) is 0 Å². The van der Waals surface area contributed by atoms with Gasteiger partial charge in [0, 0.05) is 0 Å². The van der Waals surface area contributed by atoms with Crippen LogP contribution in [0, 0.1) is 0 Å². The first kappa shape index (κ1) is 23.1. The van der Waals surface area contributed by atoms with Crippen LogP contribution in [0.2, 0.25) is 0 Å². The molecule has 0 bridgehead atoms. The number of hydrogen-bond acceptors (Lipinski definition) is 2. The molecule has 29 heavy (non-hydrogen) atoms. The number of carbonyl (C=O) groups is 1. The molecule has 0 fully saturated rings. The zero-order valence-corrected chi connectivity index (χ0v) is 21.3. The zero-order chi connectivity index (χ0) is 19.9. The van der Waals surface area contributed by atoms with E-state index in [0.717, 1.165) is 0 Å². The van der Waals surface area contributed by atoms with Gasteiger partial charge < -0.3 is 4.74 Å². The minimum absolute atomic E-state index is 0. The van der Waals surface area contributed by atoms with Crippen LogP contribution in [0.15, 0.2) is 72.8 Å². The summed E-state index contributed by atoms with van der Waals surface area (Å²) < 4.78 is 43.8. The first-order valence-electron chi connectivity index (χ1n) is 8.80. The van der Waals surface area contributed by atoms with E-state index in [2.05, 4.69) is 0 Å². The third kappa shape index (κ3) is 5.89. The topological polar surface area (TPSA) is 26.3 Å². The summed E-state index contributed by atoms with van der Waals surface area (Å²) in [6.45, 7) is -1.79. The summed E-state index contributed by atoms with van der Waals surface area (Å²) in [5.41, 5.74) is 2.77. The van der Waals surface area contributed by atoms with Gasteiger partial charge >= 0.3 is 32.2 Å². The van der Waals surface area contributed by atoms with Crippen molar-refractivity contribution in [2.75, 3.05) is 0 Å². The summed E-state index contributed by atoms with van der Waals surface area (Å²) in [6, 6.07) is 19.3. The first-order valence-corrected chi connectivity index (χ1v) is 8.80. The average Bonchev–Trinajstić information content (AvgIpc) is 2.75. The van der Waals surface area contributed by atoms with E-state index >= 15 is 0 Å². The van der Waals surface area contributed by atoms with Crippen molar-refractivity contribution in [3.05, 3.63) is 101 Å². The normalized spacial score (nSPS) is 10.5. The third-order valence-corrected chi connectivity index (χ3v) is 4.47. The molecule has 0 aliphatic carbocycles. The van der Waals surface area contributed by atoms with Gasteiger partial charge in [0.15, 0.2) is 0 Å². The molecule has 0 radical (unpaired) electrons. The predicted molar refractivity (Wildman–Crippen MR) is 111 cm³/mol. The molecule has 0 aliphatic rings. The predicted octanol–water partition coefficient (Wildman–Crippen LogP) is 4.65. The van der Waals surface area contributed by atoms with E-state index in [4.69, 9.17) is 4.74 Å². The summed E-state index contributed by atoms with van der Waals surface area (Å²) in [5, 5.41) is 0. The Morgan fingerprint density at radius 1 is 0.655 bits per heavy atom. The molecule has 3 rings (SSSR count). The number of rotatable bonds is 7. The van der Waals surface area contributed by atoms with E-state index in [1.165, 1.54) is 12.1 Å². The van der Waals surface area contributed by atoms with Crippen LogP contribution in [0.4, 0.5) is 13.2 Å². The van der Waals surface area contributed by atoms with Crippen LogP contribution >= 0.6 is 0 Å². The maximum absolute atomic E-state index is 12.9. The Balaban J connectivity index is 0.00000300. The van der Waals surface area contributed by atoms with Gasteiger partial charge in [0.05, 0.1) is 0 Å². The van der Waals surface area contributed by atoms with Gasteiger partial charge in [0.25, 0.3) is 0 Å². The summed E-state index contributed by atoms with van der Waals surface area (Å²) >= 11 is 0. The van der Waals surface area contributed by atoms with Gasteiger partial charge in [-0.05, 0) is 39.9 Å². The number of hydrogen-bond donors (Lipinski definition) is 0.